The Balaban J connectivity index is 1.61. The van der Waals surface area contributed by atoms with Crippen molar-refractivity contribution in [2.75, 3.05) is 11.9 Å². The Morgan fingerprint density at radius 3 is 2.56 bits per heavy atom. The third-order valence-corrected chi connectivity index (χ3v) is 5.55. The maximum absolute atomic E-state index is 6.17. The normalized spacial score (nSPS) is 11.1. The lowest BCUT2D eigenvalue weighted by Crippen LogP contribution is -1.97. The van der Waals surface area contributed by atoms with Crippen LogP contribution in [0.4, 0.5) is 0 Å². The van der Waals surface area contributed by atoms with Crippen LogP contribution in [0, 0.1) is 0 Å². The van der Waals surface area contributed by atoms with Gasteiger partial charge in [0.15, 0.2) is 0 Å². The Hall–Kier alpha value is -3.22. The van der Waals surface area contributed by atoms with Crippen LogP contribution < -0.4 is 4.74 Å². The summed E-state index contributed by atoms with van der Waals surface area (Å²) in [5.41, 5.74) is 6.14. The molecule has 158 valence electrons. The van der Waals surface area contributed by atoms with Crippen LogP contribution in [0.2, 0.25) is 5.15 Å². The third-order valence-electron chi connectivity index (χ3n) is 5.02. The molecule has 0 saturated carbocycles. The molecule has 0 aliphatic rings. The predicted molar refractivity (Wildman–Crippen MR) is 131 cm³/mol. The molecule has 0 saturated heterocycles. The van der Waals surface area contributed by atoms with Crippen molar-refractivity contribution < 1.29 is 4.74 Å². The van der Waals surface area contributed by atoms with Crippen molar-refractivity contribution in [1.82, 2.24) is 19.4 Å². The molecule has 7 heteroatoms. The highest BCUT2D eigenvalue weighted by atomic mass is 79.9. The Morgan fingerprint density at radius 1 is 0.875 bits per heavy atom. The SMILES string of the molecule is Clc1cccc(-c2nc3ccccn3c2-c2ccnc(-c3ccc(OCCBr)cc3)c2)n1. The molecule has 32 heavy (non-hydrogen) atoms. The number of hydrogen-bond donors (Lipinski definition) is 0. The van der Waals surface area contributed by atoms with Crippen molar-refractivity contribution in [1.29, 1.82) is 0 Å². The van der Waals surface area contributed by atoms with Crippen molar-refractivity contribution in [2.45, 2.75) is 0 Å². The number of benzene rings is 1. The summed E-state index contributed by atoms with van der Waals surface area (Å²) < 4.78 is 7.72. The molecule has 0 spiro atoms. The first-order valence-electron chi connectivity index (χ1n) is 10.1. The number of halogens is 2. The fraction of sp³-hybridized carbons (Fsp3) is 0.0800. The van der Waals surface area contributed by atoms with Crippen molar-refractivity contribution in [3.05, 3.63) is 90.3 Å². The molecule has 0 aliphatic heterocycles. The number of fused-ring (bicyclic) bond motifs is 1. The molecular formula is C25H18BrClN4O. The maximum Gasteiger partial charge on any atom is 0.138 e. The van der Waals surface area contributed by atoms with E-state index >= 15 is 0 Å². The van der Waals surface area contributed by atoms with Crippen molar-refractivity contribution >= 4 is 33.2 Å². The Labute approximate surface area is 198 Å². The van der Waals surface area contributed by atoms with Crippen LogP contribution in [0.3, 0.4) is 0 Å². The highest BCUT2D eigenvalue weighted by molar-refractivity contribution is 9.09. The van der Waals surface area contributed by atoms with Gasteiger partial charge in [-0.05, 0) is 60.7 Å². The first kappa shape index (κ1) is 20.7. The third kappa shape index (κ3) is 4.11. The number of hydrogen-bond acceptors (Lipinski definition) is 4. The quantitative estimate of drug-likeness (QED) is 0.194. The molecule has 5 aromatic rings. The minimum atomic E-state index is 0.433. The largest absolute Gasteiger partial charge is 0.493 e. The summed E-state index contributed by atoms with van der Waals surface area (Å²) in [6, 6.07) is 23.5. The minimum absolute atomic E-state index is 0.433. The van der Waals surface area contributed by atoms with E-state index in [2.05, 4.69) is 36.4 Å². The fourth-order valence-corrected chi connectivity index (χ4v) is 3.93. The van der Waals surface area contributed by atoms with Gasteiger partial charge in [-0.1, -0.05) is 39.7 Å². The summed E-state index contributed by atoms with van der Waals surface area (Å²) in [4.78, 5) is 13.9. The van der Waals surface area contributed by atoms with E-state index in [-0.39, 0.29) is 0 Å². The molecule has 0 bridgehead atoms. The number of alkyl halides is 1. The first-order chi connectivity index (χ1) is 15.7. The second-order valence-corrected chi connectivity index (χ2v) is 8.26. The highest BCUT2D eigenvalue weighted by Gasteiger charge is 2.18. The maximum atomic E-state index is 6.17. The van der Waals surface area contributed by atoms with E-state index in [4.69, 9.17) is 21.3 Å². The predicted octanol–water partition coefficient (Wildman–Crippen LogP) is 6.55. The van der Waals surface area contributed by atoms with E-state index in [0.717, 1.165) is 50.6 Å². The van der Waals surface area contributed by atoms with E-state index in [1.54, 1.807) is 6.07 Å². The summed E-state index contributed by atoms with van der Waals surface area (Å²) in [6.45, 7) is 0.627. The number of ether oxygens (including phenoxy) is 1. The van der Waals surface area contributed by atoms with Crippen molar-refractivity contribution in [2.24, 2.45) is 0 Å². The standard InChI is InChI=1S/C25H18BrClN4O/c26-12-15-32-19-9-7-17(8-10-19)21-16-18(11-13-28-21)25-24(20-4-3-5-22(27)29-20)30-23-6-1-2-14-31(23)25/h1-11,13-14,16H,12,15H2. The molecule has 4 heterocycles. The van der Waals surface area contributed by atoms with E-state index in [1.807, 2.05) is 73.1 Å². The smallest absolute Gasteiger partial charge is 0.138 e. The van der Waals surface area contributed by atoms with E-state index in [1.165, 1.54) is 0 Å². The van der Waals surface area contributed by atoms with Crippen LogP contribution in [0.1, 0.15) is 0 Å². The molecule has 0 radical (unpaired) electrons. The molecule has 0 N–H and O–H groups in total. The van der Waals surface area contributed by atoms with Crippen LogP contribution in [-0.4, -0.2) is 31.3 Å². The Kier molecular flexibility index (Phi) is 5.88. The number of nitrogens with zero attached hydrogens (tertiary/aromatic N) is 4. The second kappa shape index (κ2) is 9.10. The van der Waals surface area contributed by atoms with Gasteiger partial charge in [0.05, 0.1) is 23.7 Å². The van der Waals surface area contributed by atoms with Gasteiger partial charge in [0, 0.05) is 28.9 Å². The summed E-state index contributed by atoms with van der Waals surface area (Å²) >= 11 is 9.55. The van der Waals surface area contributed by atoms with Gasteiger partial charge in [0.25, 0.3) is 0 Å². The lowest BCUT2D eigenvalue weighted by Gasteiger charge is -2.09. The fourth-order valence-electron chi connectivity index (χ4n) is 3.60. The summed E-state index contributed by atoms with van der Waals surface area (Å²) in [7, 11) is 0. The van der Waals surface area contributed by atoms with Gasteiger partial charge in [-0.2, -0.15) is 0 Å². The zero-order valence-electron chi connectivity index (χ0n) is 17.0. The lowest BCUT2D eigenvalue weighted by molar-refractivity contribution is 0.345. The lowest BCUT2D eigenvalue weighted by atomic mass is 10.0. The molecule has 0 atom stereocenters. The molecule has 0 unspecified atom stereocenters. The number of imidazole rings is 1. The molecular weight excluding hydrogens is 488 g/mol. The van der Waals surface area contributed by atoms with Crippen molar-refractivity contribution in [3.63, 3.8) is 0 Å². The van der Waals surface area contributed by atoms with Gasteiger partial charge in [0.1, 0.15) is 22.2 Å². The van der Waals surface area contributed by atoms with Crippen molar-refractivity contribution in [3.8, 4) is 39.7 Å². The van der Waals surface area contributed by atoms with Gasteiger partial charge in [-0.15, -0.1) is 0 Å². The molecule has 0 fully saturated rings. The average molecular weight is 506 g/mol. The molecule has 5 rings (SSSR count). The van der Waals surface area contributed by atoms with Crippen LogP contribution >= 0.6 is 27.5 Å². The first-order valence-corrected chi connectivity index (χ1v) is 11.6. The number of rotatable bonds is 6. The zero-order chi connectivity index (χ0) is 21.9. The molecule has 0 amide bonds. The molecule has 0 aliphatic carbocycles. The monoisotopic (exact) mass is 504 g/mol. The van der Waals surface area contributed by atoms with Gasteiger partial charge in [0.2, 0.25) is 0 Å². The van der Waals surface area contributed by atoms with Crippen LogP contribution in [-0.2, 0) is 0 Å². The summed E-state index contributed by atoms with van der Waals surface area (Å²) in [5, 5.41) is 1.23. The molecule has 1 aromatic carbocycles. The second-order valence-electron chi connectivity index (χ2n) is 7.07. The van der Waals surface area contributed by atoms with E-state index in [0.29, 0.717) is 11.8 Å². The van der Waals surface area contributed by atoms with E-state index < -0.39 is 0 Å². The van der Waals surface area contributed by atoms with Gasteiger partial charge >= 0.3 is 0 Å². The van der Waals surface area contributed by atoms with Gasteiger partial charge in [-0.25, -0.2) is 9.97 Å². The topological polar surface area (TPSA) is 52.3 Å². The van der Waals surface area contributed by atoms with Gasteiger partial charge in [-0.3, -0.25) is 9.38 Å². The highest BCUT2D eigenvalue weighted by Crippen LogP contribution is 2.34. The summed E-state index contributed by atoms with van der Waals surface area (Å²) in [6.07, 6.45) is 3.82. The summed E-state index contributed by atoms with van der Waals surface area (Å²) in [5.74, 6) is 0.834. The molecule has 5 nitrogen and oxygen atoms in total. The van der Waals surface area contributed by atoms with Crippen LogP contribution in [0.25, 0.3) is 39.5 Å². The number of aromatic nitrogens is 4. The van der Waals surface area contributed by atoms with E-state index in [9.17, 15) is 0 Å². The van der Waals surface area contributed by atoms with Gasteiger partial charge < -0.3 is 4.74 Å². The molecule has 4 aromatic heterocycles. The number of pyridine rings is 3. The van der Waals surface area contributed by atoms with Crippen LogP contribution in [0.5, 0.6) is 5.75 Å². The van der Waals surface area contributed by atoms with Crippen LogP contribution in [0.15, 0.2) is 85.2 Å². The zero-order valence-corrected chi connectivity index (χ0v) is 19.3. The minimum Gasteiger partial charge on any atom is -0.493 e. The Morgan fingerprint density at radius 2 is 1.75 bits per heavy atom. The average Bonchev–Trinajstić information content (AvgIpc) is 3.23. The Bertz CT molecular complexity index is 1380.